The molecule has 1 unspecified atom stereocenters. The van der Waals surface area contributed by atoms with Crippen LogP contribution in [-0.4, -0.2) is 23.9 Å². The summed E-state index contributed by atoms with van der Waals surface area (Å²) < 4.78 is 35.6. The number of hydrogen-bond donors (Lipinski definition) is 1. The molecule has 1 aromatic carbocycles. The summed E-state index contributed by atoms with van der Waals surface area (Å²) in [5.74, 6) is -1.59. The van der Waals surface area contributed by atoms with Gasteiger partial charge in [-0.05, 0) is 18.2 Å². The zero-order valence-corrected chi connectivity index (χ0v) is 9.56. The predicted molar refractivity (Wildman–Crippen MR) is 58.5 cm³/mol. The molecule has 0 amide bonds. The summed E-state index contributed by atoms with van der Waals surface area (Å²) in [4.78, 5) is 4.00. The van der Waals surface area contributed by atoms with Crippen molar-refractivity contribution >= 4 is 0 Å². The van der Waals surface area contributed by atoms with Crippen molar-refractivity contribution in [2.75, 3.05) is 13.7 Å². The molecule has 0 aliphatic carbocycles. The fourth-order valence-corrected chi connectivity index (χ4v) is 1.39. The number of halogens is 2. The molecule has 0 bridgehead atoms. The van der Waals surface area contributed by atoms with Crippen LogP contribution in [0.5, 0.6) is 0 Å². The van der Waals surface area contributed by atoms with Crippen molar-refractivity contribution in [1.82, 2.24) is 10.1 Å². The maximum atomic E-state index is 13.0. The van der Waals surface area contributed by atoms with Crippen LogP contribution < -0.4 is 5.73 Å². The molecule has 0 aliphatic heterocycles. The Labute approximate surface area is 102 Å². The normalized spacial score (nSPS) is 12.7. The number of benzene rings is 1. The molecule has 1 heterocycles. The molecule has 1 atom stereocenters. The second kappa shape index (κ2) is 5.19. The Hall–Kier alpha value is -1.86. The number of methoxy groups -OCH3 is 1. The van der Waals surface area contributed by atoms with E-state index in [1.54, 1.807) is 0 Å². The highest BCUT2D eigenvalue weighted by Crippen LogP contribution is 2.20. The van der Waals surface area contributed by atoms with Crippen LogP contribution in [0, 0.1) is 11.6 Å². The van der Waals surface area contributed by atoms with Gasteiger partial charge in [-0.1, -0.05) is 5.16 Å². The van der Waals surface area contributed by atoms with Crippen LogP contribution in [0.3, 0.4) is 0 Å². The van der Waals surface area contributed by atoms with Crippen LogP contribution >= 0.6 is 0 Å². The summed E-state index contributed by atoms with van der Waals surface area (Å²) in [6.45, 7) is 0.233. The van der Waals surface area contributed by atoms with Gasteiger partial charge in [0.05, 0.1) is 12.6 Å². The molecule has 96 valence electrons. The fraction of sp³-hybridized carbons (Fsp3) is 0.273. The molecular formula is C11H11F2N3O2. The van der Waals surface area contributed by atoms with Crippen LogP contribution in [-0.2, 0) is 4.74 Å². The zero-order valence-electron chi connectivity index (χ0n) is 9.56. The fourth-order valence-electron chi connectivity index (χ4n) is 1.39. The molecule has 2 rings (SSSR count). The third kappa shape index (κ3) is 2.52. The van der Waals surface area contributed by atoms with E-state index in [1.165, 1.54) is 13.2 Å². The van der Waals surface area contributed by atoms with E-state index in [0.717, 1.165) is 12.1 Å². The molecule has 5 nitrogen and oxygen atoms in total. The van der Waals surface area contributed by atoms with Crippen LogP contribution in [0.25, 0.3) is 11.5 Å². The van der Waals surface area contributed by atoms with Crippen LogP contribution in [0.15, 0.2) is 22.7 Å². The lowest BCUT2D eigenvalue weighted by Crippen LogP contribution is -2.17. The monoisotopic (exact) mass is 255 g/mol. The van der Waals surface area contributed by atoms with Crippen molar-refractivity contribution in [3.63, 3.8) is 0 Å². The van der Waals surface area contributed by atoms with E-state index < -0.39 is 17.7 Å². The van der Waals surface area contributed by atoms with Gasteiger partial charge in [-0.2, -0.15) is 4.98 Å². The largest absolute Gasteiger partial charge is 0.383 e. The standard InChI is InChI=1S/C11H11F2N3O2/c1-17-5-9(14)10-15-11(18-16-10)6-2-3-7(12)8(13)4-6/h2-4,9H,5,14H2,1H3. The van der Waals surface area contributed by atoms with Crippen LogP contribution in [0.2, 0.25) is 0 Å². The van der Waals surface area contributed by atoms with Crippen molar-refractivity contribution < 1.29 is 18.0 Å². The predicted octanol–water partition coefficient (Wildman–Crippen LogP) is 1.66. The number of ether oxygens (including phenoxy) is 1. The van der Waals surface area contributed by atoms with E-state index in [0.29, 0.717) is 0 Å². The molecule has 1 aromatic heterocycles. The van der Waals surface area contributed by atoms with Gasteiger partial charge in [0.25, 0.3) is 5.89 Å². The number of nitrogens with two attached hydrogens (primary N) is 1. The zero-order chi connectivity index (χ0) is 13.1. The van der Waals surface area contributed by atoms with Crippen molar-refractivity contribution in [2.24, 2.45) is 5.73 Å². The summed E-state index contributed by atoms with van der Waals surface area (Å²) in [6.07, 6.45) is 0. The van der Waals surface area contributed by atoms with Gasteiger partial charge < -0.3 is 15.0 Å². The van der Waals surface area contributed by atoms with Gasteiger partial charge in [-0.25, -0.2) is 8.78 Å². The van der Waals surface area contributed by atoms with Crippen molar-refractivity contribution in [2.45, 2.75) is 6.04 Å². The van der Waals surface area contributed by atoms with E-state index in [4.69, 9.17) is 15.0 Å². The molecule has 18 heavy (non-hydrogen) atoms. The number of rotatable bonds is 4. The molecule has 7 heteroatoms. The Kier molecular flexibility index (Phi) is 3.63. The Bertz CT molecular complexity index is 545. The minimum atomic E-state index is -0.978. The van der Waals surface area contributed by atoms with Gasteiger partial charge in [0.1, 0.15) is 0 Å². The Morgan fingerprint density at radius 3 is 2.83 bits per heavy atom. The average Bonchev–Trinajstić information content (AvgIpc) is 2.82. The van der Waals surface area contributed by atoms with Gasteiger partial charge in [0.15, 0.2) is 17.5 Å². The highest BCUT2D eigenvalue weighted by atomic mass is 19.2. The first kappa shape index (κ1) is 12.6. The molecule has 0 radical (unpaired) electrons. The SMILES string of the molecule is COCC(N)c1noc(-c2ccc(F)c(F)c2)n1. The van der Waals surface area contributed by atoms with E-state index in [9.17, 15) is 8.78 Å². The minimum Gasteiger partial charge on any atom is -0.383 e. The van der Waals surface area contributed by atoms with Crippen molar-refractivity contribution in [3.05, 3.63) is 35.7 Å². The maximum Gasteiger partial charge on any atom is 0.258 e. The molecule has 2 aromatic rings. The second-order valence-electron chi connectivity index (χ2n) is 3.65. The van der Waals surface area contributed by atoms with Gasteiger partial charge >= 0.3 is 0 Å². The van der Waals surface area contributed by atoms with Crippen molar-refractivity contribution in [1.29, 1.82) is 0 Å². The maximum absolute atomic E-state index is 13.0. The first-order valence-electron chi connectivity index (χ1n) is 5.15. The van der Waals surface area contributed by atoms with Gasteiger partial charge in [-0.3, -0.25) is 0 Å². The number of aromatic nitrogens is 2. The highest BCUT2D eigenvalue weighted by molar-refractivity contribution is 5.52. The van der Waals surface area contributed by atoms with E-state index in [1.807, 2.05) is 0 Å². The third-order valence-corrected chi connectivity index (χ3v) is 2.29. The van der Waals surface area contributed by atoms with Crippen LogP contribution in [0.1, 0.15) is 11.9 Å². The third-order valence-electron chi connectivity index (χ3n) is 2.29. The topological polar surface area (TPSA) is 74.2 Å². The molecule has 0 aliphatic rings. The number of hydrogen-bond acceptors (Lipinski definition) is 5. The average molecular weight is 255 g/mol. The summed E-state index contributed by atoms with van der Waals surface area (Å²) in [5, 5.41) is 3.66. The molecular weight excluding hydrogens is 244 g/mol. The van der Waals surface area contributed by atoms with Gasteiger partial charge in [-0.15, -0.1) is 0 Å². The quantitative estimate of drug-likeness (QED) is 0.899. The van der Waals surface area contributed by atoms with Gasteiger partial charge in [0, 0.05) is 12.7 Å². The minimum absolute atomic E-state index is 0.0791. The Morgan fingerprint density at radius 2 is 2.17 bits per heavy atom. The molecule has 0 fully saturated rings. The Morgan fingerprint density at radius 1 is 1.39 bits per heavy atom. The summed E-state index contributed by atoms with van der Waals surface area (Å²) in [5.41, 5.74) is 6.00. The smallest absolute Gasteiger partial charge is 0.258 e. The Balaban J connectivity index is 2.26. The summed E-state index contributed by atoms with van der Waals surface area (Å²) in [7, 11) is 1.50. The van der Waals surface area contributed by atoms with Crippen LogP contribution in [0.4, 0.5) is 8.78 Å². The lowest BCUT2D eigenvalue weighted by molar-refractivity contribution is 0.177. The highest BCUT2D eigenvalue weighted by Gasteiger charge is 2.16. The first-order chi connectivity index (χ1) is 8.61. The van der Waals surface area contributed by atoms with Gasteiger partial charge in [0.2, 0.25) is 0 Å². The summed E-state index contributed by atoms with van der Waals surface area (Å²) >= 11 is 0. The number of nitrogens with zero attached hydrogens (tertiary/aromatic N) is 2. The molecule has 0 spiro atoms. The van der Waals surface area contributed by atoms with E-state index >= 15 is 0 Å². The second-order valence-corrected chi connectivity index (χ2v) is 3.65. The van der Waals surface area contributed by atoms with E-state index in [2.05, 4.69) is 10.1 Å². The summed E-state index contributed by atoms with van der Waals surface area (Å²) in [6, 6.07) is 2.79. The van der Waals surface area contributed by atoms with Crippen molar-refractivity contribution in [3.8, 4) is 11.5 Å². The first-order valence-corrected chi connectivity index (χ1v) is 5.15. The lowest BCUT2D eigenvalue weighted by atomic mass is 10.2. The van der Waals surface area contributed by atoms with E-state index in [-0.39, 0.29) is 23.9 Å². The molecule has 2 N–H and O–H groups in total. The lowest BCUT2D eigenvalue weighted by Gasteiger charge is -2.03. The molecule has 0 saturated heterocycles. The molecule has 0 saturated carbocycles.